The highest BCUT2D eigenvalue weighted by Gasteiger charge is 2.06. The number of carbonyl (C=O) groups is 1. The number of ether oxygens (including phenoxy) is 1. The van der Waals surface area contributed by atoms with E-state index in [4.69, 9.17) is 4.74 Å². The molecule has 0 fully saturated rings. The molecule has 15 heavy (non-hydrogen) atoms. The Labute approximate surface area is 88.9 Å². The molecule has 0 heterocycles. The third-order valence-electron chi connectivity index (χ3n) is 1.91. The van der Waals surface area contributed by atoms with E-state index in [1.165, 1.54) is 0 Å². The molecule has 4 heteroatoms. The lowest BCUT2D eigenvalue weighted by Gasteiger charge is -2.09. The Hall–Kier alpha value is -1.55. The summed E-state index contributed by atoms with van der Waals surface area (Å²) in [5.74, 6) is 0.487. The predicted molar refractivity (Wildman–Crippen MR) is 56.8 cm³/mol. The lowest BCUT2D eigenvalue weighted by molar-refractivity contribution is 0.157. The average Bonchev–Trinajstić information content (AvgIpc) is 2.27. The van der Waals surface area contributed by atoms with Crippen molar-refractivity contribution in [3.63, 3.8) is 0 Å². The zero-order valence-corrected chi connectivity index (χ0v) is 8.64. The Bertz CT molecular complexity index is 300. The monoisotopic (exact) mass is 209 g/mol. The minimum atomic E-state index is -0.547. The second kappa shape index (κ2) is 6.03. The van der Waals surface area contributed by atoms with Gasteiger partial charge in [0.25, 0.3) is 0 Å². The van der Waals surface area contributed by atoms with Crippen molar-refractivity contribution >= 4 is 6.09 Å². The molecule has 0 spiro atoms. The molecule has 1 aromatic rings. The van der Waals surface area contributed by atoms with Gasteiger partial charge in [0.1, 0.15) is 5.75 Å². The van der Waals surface area contributed by atoms with Gasteiger partial charge in [0.2, 0.25) is 0 Å². The molecule has 2 N–H and O–H groups in total. The van der Waals surface area contributed by atoms with Crippen molar-refractivity contribution in [2.24, 2.45) is 0 Å². The molecule has 4 nitrogen and oxygen atoms in total. The molecule has 0 aromatic heterocycles. The quantitative estimate of drug-likeness (QED) is 0.790. The number of hydrogen-bond acceptors (Lipinski definition) is 3. The zero-order valence-electron chi connectivity index (χ0n) is 8.64. The van der Waals surface area contributed by atoms with Gasteiger partial charge in [-0.3, -0.25) is 0 Å². The summed E-state index contributed by atoms with van der Waals surface area (Å²) in [7, 11) is 0. The maximum absolute atomic E-state index is 11.2. The van der Waals surface area contributed by atoms with Crippen LogP contribution < -0.4 is 10.1 Å². The van der Waals surface area contributed by atoms with Crippen molar-refractivity contribution in [2.75, 3.05) is 6.54 Å². The average molecular weight is 209 g/mol. The minimum Gasteiger partial charge on any atom is -0.410 e. The molecule has 1 rings (SSSR count). The molecule has 1 atom stereocenters. The molecule has 1 aromatic carbocycles. The first-order valence-electron chi connectivity index (χ1n) is 4.91. The van der Waals surface area contributed by atoms with Crippen LogP contribution in [0.5, 0.6) is 5.75 Å². The Morgan fingerprint density at radius 1 is 1.47 bits per heavy atom. The summed E-state index contributed by atoms with van der Waals surface area (Å²) in [6, 6.07) is 8.78. The third kappa shape index (κ3) is 4.46. The van der Waals surface area contributed by atoms with Crippen LogP contribution in [0, 0.1) is 0 Å². The first-order valence-corrected chi connectivity index (χ1v) is 4.91. The van der Waals surface area contributed by atoms with Gasteiger partial charge in [0, 0.05) is 6.54 Å². The summed E-state index contributed by atoms with van der Waals surface area (Å²) in [4.78, 5) is 11.2. The SMILES string of the molecule is CCC(O)CNC(=O)Oc1ccccc1. The molecule has 0 saturated heterocycles. The first kappa shape index (κ1) is 11.5. The molecule has 0 saturated carbocycles. The fourth-order valence-corrected chi connectivity index (χ4v) is 0.977. The maximum atomic E-state index is 11.2. The van der Waals surface area contributed by atoms with Crippen LogP contribution in [0.4, 0.5) is 4.79 Å². The second-order valence-corrected chi connectivity index (χ2v) is 3.15. The number of hydrogen-bond donors (Lipinski definition) is 2. The van der Waals surface area contributed by atoms with Crippen LogP contribution in [0.25, 0.3) is 0 Å². The van der Waals surface area contributed by atoms with Crippen molar-refractivity contribution in [1.82, 2.24) is 5.32 Å². The van der Waals surface area contributed by atoms with Gasteiger partial charge in [-0.2, -0.15) is 0 Å². The fraction of sp³-hybridized carbons (Fsp3) is 0.364. The van der Waals surface area contributed by atoms with E-state index in [0.717, 1.165) is 0 Å². The Morgan fingerprint density at radius 3 is 2.73 bits per heavy atom. The van der Waals surface area contributed by atoms with Gasteiger partial charge >= 0.3 is 6.09 Å². The number of benzene rings is 1. The van der Waals surface area contributed by atoms with Crippen LogP contribution >= 0.6 is 0 Å². The topological polar surface area (TPSA) is 58.6 Å². The van der Waals surface area contributed by atoms with Gasteiger partial charge in [-0.1, -0.05) is 25.1 Å². The Kier molecular flexibility index (Phi) is 4.63. The summed E-state index contributed by atoms with van der Waals surface area (Å²) >= 11 is 0. The third-order valence-corrected chi connectivity index (χ3v) is 1.91. The normalized spacial score (nSPS) is 11.9. The summed E-state index contributed by atoms with van der Waals surface area (Å²) in [6.07, 6.45) is -0.465. The smallest absolute Gasteiger partial charge is 0.410 e. The minimum absolute atomic E-state index is 0.210. The Balaban J connectivity index is 2.31. The summed E-state index contributed by atoms with van der Waals surface area (Å²) in [5, 5.41) is 11.7. The predicted octanol–water partition coefficient (Wildman–Crippen LogP) is 1.55. The standard InChI is InChI=1S/C11H15NO3/c1-2-9(13)8-12-11(14)15-10-6-4-3-5-7-10/h3-7,9,13H,2,8H2,1H3,(H,12,14). The fourth-order valence-electron chi connectivity index (χ4n) is 0.977. The van der Waals surface area contributed by atoms with E-state index in [2.05, 4.69) is 5.32 Å². The molecule has 0 aliphatic carbocycles. The molecule has 0 aliphatic rings. The molecule has 0 aliphatic heterocycles. The van der Waals surface area contributed by atoms with E-state index in [-0.39, 0.29) is 6.54 Å². The molecule has 0 radical (unpaired) electrons. The zero-order chi connectivity index (χ0) is 11.1. The number of aliphatic hydroxyl groups excluding tert-OH is 1. The van der Waals surface area contributed by atoms with E-state index in [9.17, 15) is 9.90 Å². The molecule has 1 amide bonds. The number of amides is 1. The highest BCUT2D eigenvalue weighted by atomic mass is 16.6. The summed E-state index contributed by atoms with van der Waals surface area (Å²) < 4.78 is 4.95. The number of nitrogens with one attached hydrogen (secondary N) is 1. The molecular formula is C11H15NO3. The first-order chi connectivity index (χ1) is 7.22. The van der Waals surface area contributed by atoms with Gasteiger partial charge in [-0.15, -0.1) is 0 Å². The molecular weight excluding hydrogens is 194 g/mol. The van der Waals surface area contributed by atoms with Gasteiger partial charge in [-0.05, 0) is 18.6 Å². The number of para-hydroxylation sites is 1. The molecule has 82 valence electrons. The van der Waals surface area contributed by atoms with Crippen LogP contribution in [-0.2, 0) is 0 Å². The van der Waals surface area contributed by atoms with Gasteiger partial charge < -0.3 is 15.2 Å². The van der Waals surface area contributed by atoms with E-state index in [1.807, 2.05) is 13.0 Å². The lowest BCUT2D eigenvalue weighted by atomic mass is 10.3. The van der Waals surface area contributed by atoms with Gasteiger partial charge in [-0.25, -0.2) is 4.79 Å². The van der Waals surface area contributed by atoms with Crippen molar-refractivity contribution in [1.29, 1.82) is 0 Å². The van der Waals surface area contributed by atoms with Crippen molar-refractivity contribution in [3.8, 4) is 5.75 Å². The number of rotatable bonds is 4. The van der Waals surface area contributed by atoms with Crippen molar-refractivity contribution in [3.05, 3.63) is 30.3 Å². The van der Waals surface area contributed by atoms with E-state index in [0.29, 0.717) is 12.2 Å². The molecule has 1 unspecified atom stereocenters. The van der Waals surface area contributed by atoms with E-state index in [1.54, 1.807) is 24.3 Å². The number of carbonyl (C=O) groups excluding carboxylic acids is 1. The van der Waals surface area contributed by atoms with Crippen LogP contribution in [-0.4, -0.2) is 23.8 Å². The van der Waals surface area contributed by atoms with E-state index < -0.39 is 12.2 Å². The van der Waals surface area contributed by atoms with Gasteiger partial charge in [0.05, 0.1) is 6.10 Å². The van der Waals surface area contributed by atoms with Gasteiger partial charge in [0.15, 0.2) is 0 Å². The van der Waals surface area contributed by atoms with Crippen molar-refractivity contribution in [2.45, 2.75) is 19.4 Å². The van der Waals surface area contributed by atoms with Crippen LogP contribution in [0.1, 0.15) is 13.3 Å². The van der Waals surface area contributed by atoms with Crippen LogP contribution in [0.15, 0.2) is 30.3 Å². The second-order valence-electron chi connectivity index (χ2n) is 3.15. The highest BCUT2D eigenvalue weighted by molar-refractivity contribution is 5.70. The highest BCUT2D eigenvalue weighted by Crippen LogP contribution is 2.07. The van der Waals surface area contributed by atoms with Crippen LogP contribution in [0.2, 0.25) is 0 Å². The van der Waals surface area contributed by atoms with Crippen LogP contribution in [0.3, 0.4) is 0 Å². The largest absolute Gasteiger partial charge is 0.412 e. The Morgan fingerprint density at radius 2 is 2.13 bits per heavy atom. The maximum Gasteiger partial charge on any atom is 0.412 e. The van der Waals surface area contributed by atoms with Crippen molar-refractivity contribution < 1.29 is 14.6 Å². The van der Waals surface area contributed by atoms with E-state index >= 15 is 0 Å². The number of aliphatic hydroxyl groups is 1. The lowest BCUT2D eigenvalue weighted by Crippen LogP contribution is -2.33. The molecule has 0 bridgehead atoms. The summed E-state index contributed by atoms with van der Waals surface area (Å²) in [6.45, 7) is 2.05. The summed E-state index contributed by atoms with van der Waals surface area (Å²) in [5.41, 5.74) is 0.